The molecule has 0 saturated heterocycles. The van der Waals surface area contributed by atoms with Crippen LogP contribution in [0.1, 0.15) is 33.6 Å². The van der Waals surface area contributed by atoms with Gasteiger partial charge >= 0.3 is 6.09 Å². The predicted octanol–water partition coefficient (Wildman–Crippen LogP) is 1.53. The smallest absolute Gasteiger partial charge is 0.407 e. The van der Waals surface area contributed by atoms with E-state index in [1.54, 1.807) is 7.11 Å². The molecule has 0 aliphatic carbocycles. The van der Waals surface area contributed by atoms with Gasteiger partial charge in [0.15, 0.2) is 0 Å². The molecule has 0 aliphatic heterocycles. The molecule has 17 heavy (non-hydrogen) atoms. The maximum absolute atomic E-state index is 11.3. The number of methoxy groups -OCH3 is 1. The Hall–Kier alpha value is -0.810. The maximum Gasteiger partial charge on any atom is 0.407 e. The van der Waals surface area contributed by atoms with Crippen molar-refractivity contribution in [1.29, 1.82) is 0 Å². The summed E-state index contributed by atoms with van der Waals surface area (Å²) in [5.41, 5.74) is -0.433. The van der Waals surface area contributed by atoms with Crippen molar-refractivity contribution in [3.63, 3.8) is 0 Å². The van der Waals surface area contributed by atoms with E-state index < -0.39 is 5.60 Å². The molecule has 0 aromatic rings. The Balaban J connectivity index is 3.25. The number of rotatable bonds is 8. The van der Waals surface area contributed by atoms with Gasteiger partial charge in [0, 0.05) is 26.8 Å². The van der Waals surface area contributed by atoms with Crippen molar-refractivity contribution in [2.24, 2.45) is 0 Å². The lowest BCUT2D eigenvalue weighted by Gasteiger charge is -2.19. The number of carbonyl (C=O) groups is 1. The minimum atomic E-state index is -0.433. The largest absolute Gasteiger partial charge is 0.444 e. The molecular weight excluding hydrogens is 220 g/mol. The molecule has 0 aromatic heterocycles. The van der Waals surface area contributed by atoms with Crippen LogP contribution >= 0.6 is 0 Å². The first-order valence-electron chi connectivity index (χ1n) is 6.12. The molecule has 1 amide bonds. The van der Waals surface area contributed by atoms with Crippen molar-refractivity contribution in [2.75, 3.05) is 33.4 Å². The standard InChI is InChI=1S/C12H26N2O3/c1-12(2,3)17-11(15)14-9-8-13-7-5-6-10-16-4/h13H,5-10H2,1-4H3,(H,14,15). The van der Waals surface area contributed by atoms with Gasteiger partial charge in [0.05, 0.1) is 0 Å². The number of alkyl carbamates (subject to hydrolysis) is 1. The fourth-order valence-electron chi connectivity index (χ4n) is 1.19. The first-order valence-corrected chi connectivity index (χ1v) is 6.12. The minimum absolute atomic E-state index is 0.362. The van der Waals surface area contributed by atoms with Crippen molar-refractivity contribution in [1.82, 2.24) is 10.6 Å². The van der Waals surface area contributed by atoms with Crippen LogP contribution in [0.5, 0.6) is 0 Å². The van der Waals surface area contributed by atoms with Crippen LogP contribution in [0.3, 0.4) is 0 Å². The van der Waals surface area contributed by atoms with E-state index in [4.69, 9.17) is 9.47 Å². The second-order valence-electron chi connectivity index (χ2n) is 4.88. The lowest BCUT2D eigenvalue weighted by atomic mass is 10.2. The zero-order valence-corrected chi connectivity index (χ0v) is 11.5. The Morgan fingerprint density at radius 2 is 1.82 bits per heavy atom. The molecule has 0 saturated carbocycles. The van der Waals surface area contributed by atoms with Crippen molar-refractivity contribution in [2.45, 2.75) is 39.2 Å². The van der Waals surface area contributed by atoms with Gasteiger partial charge in [0.25, 0.3) is 0 Å². The Morgan fingerprint density at radius 3 is 2.41 bits per heavy atom. The normalized spacial score (nSPS) is 11.3. The van der Waals surface area contributed by atoms with Crippen molar-refractivity contribution < 1.29 is 14.3 Å². The summed E-state index contributed by atoms with van der Waals surface area (Å²) in [7, 11) is 1.71. The molecule has 5 nitrogen and oxygen atoms in total. The number of carbonyl (C=O) groups excluding carboxylic acids is 1. The third kappa shape index (κ3) is 13.1. The summed E-state index contributed by atoms with van der Waals surface area (Å²) in [4.78, 5) is 11.3. The van der Waals surface area contributed by atoms with Gasteiger partial charge in [-0.1, -0.05) is 0 Å². The van der Waals surface area contributed by atoms with Crippen LogP contribution in [0.2, 0.25) is 0 Å². The minimum Gasteiger partial charge on any atom is -0.444 e. The summed E-state index contributed by atoms with van der Waals surface area (Å²) in [5.74, 6) is 0. The topological polar surface area (TPSA) is 59.6 Å². The van der Waals surface area contributed by atoms with Crippen LogP contribution < -0.4 is 10.6 Å². The zero-order valence-electron chi connectivity index (χ0n) is 11.5. The fourth-order valence-corrected chi connectivity index (χ4v) is 1.19. The molecule has 0 fully saturated rings. The van der Waals surface area contributed by atoms with Crippen LogP contribution in [0, 0.1) is 0 Å². The zero-order chi connectivity index (χ0) is 13.1. The number of hydrogen-bond acceptors (Lipinski definition) is 4. The fraction of sp³-hybridized carbons (Fsp3) is 0.917. The summed E-state index contributed by atoms with van der Waals surface area (Å²) in [6.45, 7) is 8.63. The van der Waals surface area contributed by atoms with E-state index in [1.807, 2.05) is 20.8 Å². The van der Waals surface area contributed by atoms with E-state index in [9.17, 15) is 4.79 Å². The molecule has 0 spiro atoms. The van der Waals surface area contributed by atoms with Gasteiger partial charge in [0.2, 0.25) is 0 Å². The van der Waals surface area contributed by atoms with Gasteiger partial charge in [-0.25, -0.2) is 4.79 Å². The Labute approximate surface area is 104 Å². The Kier molecular flexibility index (Phi) is 8.80. The second-order valence-corrected chi connectivity index (χ2v) is 4.88. The van der Waals surface area contributed by atoms with Gasteiger partial charge in [0.1, 0.15) is 5.60 Å². The quantitative estimate of drug-likeness (QED) is 0.638. The lowest BCUT2D eigenvalue weighted by molar-refractivity contribution is 0.0528. The van der Waals surface area contributed by atoms with Gasteiger partial charge in [-0.15, -0.1) is 0 Å². The maximum atomic E-state index is 11.3. The number of nitrogens with one attached hydrogen (secondary N) is 2. The number of amides is 1. The molecule has 0 atom stereocenters. The highest BCUT2D eigenvalue weighted by Gasteiger charge is 2.15. The van der Waals surface area contributed by atoms with Crippen LogP contribution in [0.4, 0.5) is 4.79 Å². The first-order chi connectivity index (χ1) is 7.95. The number of hydrogen-bond donors (Lipinski definition) is 2. The van der Waals surface area contributed by atoms with E-state index >= 15 is 0 Å². The molecule has 2 N–H and O–H groups in total. The van der Waals surface area contributed by atoms with Crippen LogP contribution in [0.15, 0.2) is 0 Å². The summed E-state index contributed by atoms with van der Waals surface area (Å²) in [5, 5.41) is 5.93. The Morgan fingerprint density at radius 1 is 1.12 bits per heavy atom. The highest BCUT2D eigenvalue weighted by atomic mass is 16.6. The second kappa shape index (κ2) is 9.24. The average molecular weight is 246 g/mol. The highest BCUT2D eigenvalue weighted by molar-refractivity contribution is 5.67. The number of unbranched alkanes of at least 4 members (excludes halogenated alkanes) is 1. The molecule has 0 aliphatic rings. The molecule has 102 valence electrons. The molecule has 0 bridgehead atoms. The van der Waals surface area contributed by atoms with E-state index in [0.29, 0.717) is 6.54 Å². The summed E-state index contributed by atoms with van der Waals surface area (Å²) in [6.07, 6.45) is 1.78. The monoisotopic (exact) mass is 246 g/mol. The van der Waals surface area contributed by atoms with E-state index in [1.165, 1.54) is 0 Å². The average Bonchev–Trinajstić information content (AvgIpc) is 2.19. The van der Waals surface area contributed by atoms with Crippen molar-refractivity contribution in [3.05, 3.63) is 0 Å². The van der Waals surface area contributed by atoms with Gasteiger partial charge in [-0.2, -0.15) is 0 Å². The first kappa shape index (κ1) is 16.2. The highest BCUT2D eigenvalue weighted by Crippen LogP contribution is 2.05. The molecular formula is C12H26N2O3. The van der Waals surface area contributed by atoms with Gasteiger partial charge in [-0.3, -0.25) is 0 Å². The predicted molar refractivity (Wildman–Crippen MR) is 68.2 cm³/mol. The Bertz CT molecular complexity index is 202. The molecule has 5 heteroatoms. The van der Waals surface area contributed by atoms with Crippen LogP contribution in [-0.4, -0.2) is 45.0 Å². The van der Waals surface area contributed by atoms with E-state index in [2.05, 4.69) is 10.6 Å². The molecule has 0 unspecified atom stereocenters. The third-order valence-corrected chi connectivity index (χ3v) is 1.92. The van der Waals surface area contributed by atoms with Crippen LogP contribution in [0.25, 0.3) is 0 Å². The lowest BCUT2D eigenvalue weighted by Crippen LogP contribution is -2.36. The molecule has 0 heterocycles. The van der Waals surface area contributed by atoms with Crippen molar-refractivity contribution >= 4 is 6.09 Å². The van der Waals surface area contributed by atoms with Crippen molar-refractivity contribution in [3.8, 4) is 0 Å². The molecule has 0 aromatic carbocycles. The van der Waals surface area contributed by atoms with E-state index in [0.717, 1.165) is 32.5 Å². The molecule has 0 radical (unpaired) electrons. The SMILES string of the molecule is COCCCCNCCNC(=O)OC(C)(C)C. The number of ether oxygens (including phenoxy) is 2. The molecule has 0 rings (SSSR count). The van der Waals surface area contributed by atoms with E-state index in [-0.39, 0.29) is 6.09 Å². The summed E-state index contributed by atoms with van der Waals surface area (Å²) < 4.78 is 10.0. The summed E-state index contributed by atoms with van der Waals surface area (Å²) in [6, 6.07) is 0. The van der Waals surface area contributed by atoms with Gasteiger partial charge in [-0.05, 0) is 40.2 Å². The van der Waals surface area contributed by atoms with Gasteiger partial charge < -0.3 is 20.1 Å². The third-order valence-electron chi connectivity index (χ3n) is 1.92. The summed E-state index contributed by atoms with van der Waals surface area (Å²) >= 11 is 0. The van der Waals surface area contributed by atoms with Crippen LogP contribution in [-0.2, 0) is 9.47 Å².